The molecule has 0 bridgehead atoms. The second kappa shape index (κ2) is 5.65. The van der Waals surface area contributed by atoms with E-state index in [0.717, 1.165) is 5.56 Å². The molecule has 0 unspecified atom stereocenters. The Bertz CT molecular complexity index is 812. The van der Waals surface area contributed by atoms with Gasteiger partial charge in [0.05, 0.1) is 4.92 Å². The molecule has 0 amide bonds. The average Bonchev–Trinajstić information content (AvgIpc) is 2.95. The maximum atomic E-state index is 11.0. The van der Waals surface area contributed by atoms with Crippen LogP contribution in [0.5, 0.6) is 11.5 Å². The van der Waals surface area contributed by atoms with Crippen molar-refractivity contribution in [3.05, 3.63) is 64.5 Å². The van der Waals surface area contributed by atoms with E-state index in [1.807, 2.05) is 0 Å². The Kier molecular flexibility index (Phi) is 3.53. The normalized spacial score (nSPS) is 10.4. The van der Waals surface area contributed by atoms with E-state index in [-0.39, 0.29) is 11.4 Å². The van der Waals surface area contributed by atoms with Gasteiger partial charge in [-0.3, -0.25) is 10.1 Å². The van der Waals surface area contributed by atoms with Gasteiger partial charge in [0.2, 0.25) is 17.5 Å². The molecule has 0 fully saturated rings. The number of aromatic nitrogens is 2. The predicted molar refractivity (Wildman–Crippen MR) is 77.6 cm³/mol. The lowest BCUT2D eigenvalue weighted by Crippen LogP contribution is -1.93. The van der Waals surface area contributed by atoms with E-state index in [0.29, 0.717) is 17.5 Å². The Balaban J connectivity index is 1.84. The van der Waals surface area contributed by atoms with E-state index in [4.69, 9.17) is 9.26 Å². The van der Waals surface area contributed by atoms with Crippen LogP contribution in [0.1, 0.15) is 5.89 Å². The van der Waals surface area contributed by atoms with Crippen molar-refractivity contribution in [2.75, 3.05) is 0 Å². The third-order valence-corrected chi connectivity index (χ3v) is 2.93. The maximum Gasteiger partial charge on any atom is 0.311 e. The molecule has 0 aliphatic heterocycles. The predicted octanol–water partition coefficient (Wildman–Crippen LogP) is 3.75. The van der Waals surface area contributed by atoms with Gasteiger partial charge >= 0.3 is 5.69 Å². The number of ether oxygens (including phenoxy) is 1. The molecule has 0 aliphatic carbocycles. The minimum Gasteiger partial charge on any atom is -0.450 e. The number of nitro benzene ring substituents is 1. The quantitative estimate of drug-likeness (QED) is 0.538. The van der Waals surface area contributed by atoms with Crippen LogP contribution in [0.4, 0.5) is 5.69 Å². The first-order valence-electron chi connectivity index (χ1n) is 6.45. The highest BCUT2D eigenvalue weighted by atomic mass is 16.6. The lowest BCUT2D eigenvalue weighted by molar-refractivity contribution is -0.385. The minimum absolute atomic E-state index is 0.0830. The summed E-state index contributed by atoms with van der Waals surface area (Å²) in [6.07, 6.45) is 0. The highest BCUT2D eigenvalue weighted by molar-refractivity contribution is 5.56. The van der Waals surface area contributed by atoms with Crippen molar-refractivity contribution in [3.63, 3.8) is 0 Å². The number of rotatable bonds is 4. The van der Waals surface area contributed by atoms with Gasteiger partial charge in [0.15, 0.2) is 0 Å². The monoisotopic (exact) mass is 297 g/mol. The summed E-state index contributed by atoms with van der Waals surface area (Å²) in [6, 6.07) is 13.1. The molecule has 3 rings (SSSR count). The minimum atomic E-state index is -0.480. The van der Waals surface area contributed by atoms with Crippen LogP contribution in [-0.4, -0.2) is 15.1 Å². The van der Waals surface area contributed by atoms with Gasteiger partial charge < -0.3 is 9.26 Å². The zero-order chi connectivity index (χ0) is 15.5. The molecule has 0 saturated carbocycles. The van der Waals surface area contributed by atoms with Crippen LogP contribution >= 0.6 is 0 Å². The van der Waals surface area contributed by atoms with E-state index in [1.165, 1.54) is 6.07 Å². The molecule has 0 radical (unpaired) electrons. The van der Waals surface area contributed by atoms with Crippen LogP contribution in [-0.2, 0) is 0 Å². The van der Waals surface area contributed by atoms with Crippen molar-refractivity contribution in [3.8, 4) is 22.9 Å². The van der Waals surface area contributed by atoms with Gasteiger partial charge in [0.25, 0.3) is 0 Å². The highest BCUT2D eigenvalue weighted by Crippen LogP contribution is 2.31. The number of nitrogens with zero attached hydrogens (tertiary/aromatic N) is 3. The van der Waals surface area contributed by atoms with Gasteiger partial charge in [-0.05, 0) is 30.3 Å². The van der Waals surface area contributed by atoms with Gasteiger partial charge in [-0.2, -0.15) is 4.98 Å². The maximum absolute atomic E-state index is 11.0. The molecule has 0 aliphatic rings. The summed E-state index contributed by atoms with van der Waals surface area (Å²) in [5.74, 6) is 1.64. The molecule has 22 heavy (non-hydrogen) atoms. The lowest BCUT2D eigenvalue weighted by Gasteiger charge is -2.06. The van der Waals surface area contributed by atoms with E-state index in [1.54, 1.807) is 49.4 Å². The Morgan fingerprint density at radius 3 is 2.50 bits per heavy atom. The van der Waals surface area contributed by atoms with Gasteiger partial charge in [-0.1, -0.05) is 17.3 Å². The second-order valence-electron chi connectivity index (χ2n) is 4.49. The molecule has 3 aromatic rings. The molecule has 110 valence electrons. The molecule has 7 heteroatoms. The van der Waals surface area contributed by atoms with Gasteiger partial charge in [-0.25, -0.2) is 0 Å². The number of nitro groups is 1. The topological polar surface area (TPSA) is 91.3 Å². The van der Waals surface area contributed by atoms with E-state index in [9.17, 15) is 10.1 Å². The molecular formula is C15H11N3O4. The van der Waals surface area contributed by atoms with Crippen LogP contribution in [0.3, 0.4) is 0 Å². The zero-order valence-corrected chi connectivity index (χ0v) is 11.6. The number of aryl methyl sites for hydroxylation is 1. The van der Waals surface area contributed by atoms with Crippen molar-refractivity contribution in [1.82, 2.24) is 10.1 Å². The Morgan fingerprint density at radius 2 is 1.86 bits per heavy atom. The number of hydrogen-bond acceptors (Lipinski definition) is 6. The van der Waals surface area contributed by atoms with E-state index in [2.05, 4.69) is 10.1 Å². The number of benzene rings is 2. The fraction of sp³-hybridized carbons (Fsp3) is 0.0667. The number of hydrogen-bond donors (Lipinski definition) is 0. The van der Waals surface area contributed by atoms with Crippen molar-refractivity contribution < 1.29 is 14.2 Å². The van der Waals surface area contributed by atoms with E-state index >= 15 is 0 Å². The highest BCUT2D eigenvalue weighted by Gasteiger charge is 2.14. The molecule has 0 spiro atoms. The largest absolute Gasteiger partial charge is 0.450 e. The fourth-order valence-corrected chi connectivity index (χ4v) is 1.91. The summed E-state index contributed by atoms with van der Waals surface area (Å²) in [6.45, 7) is 1.71. The first-order chi connectivity index (χ1) is 10.6. The number of para-hydroxylation sites is 2. The SMILES string of the molecule is Cc1nc(-c2ccc(Oc3ccccc3[N+](=O)[O-])cc2)no1. The van der Waals surface area contributed by atoms with Crippen molar-refractivity contribution in [1.29, 1.82) is 0 Å². The molecule has 7 nitrogen and oxygen atoms in total. The summed E-state index contributed by atoms with van der Waals surface area (Å²) < 4.78 is 10.5. The van der Waals surface area contributed by atoms with Crippen LogP contribution < -0.4 is 4.74 Å². The fourth-order valence-electron chi connectivity index (χ4n) is 1.91. The standard InChI is InChI=1S/C15H11N3O4/c1-10-16-15(17-22-10)11-6-8-12(9-7-11)21-14-5-3-2-4-13(14)18(19)20/h2-9H,1H3. The average molecular weight is 297 g/mol. The smallest absolute Gasteiger partial charge is 0.311 e. The lowest BCUT2D eigenvalue weighted by atomic mass is 10.2. The van der Waals surface area contributed by atoms with Crippen LogP contribution in [0.25, 0.3) is 11.4 Å². The first-order valence-corrected chi connectivity index (χ1v) is 6.45. The third kappa shape index (κ3) is 2.78. The molecular weight excluding hydrogens is 286 g/mol. The molecule has 2 aromatic carbocycles. The van der Waals surface area contributed by atoms with Gasteiger partial charge in [0, 0.05) is 18.6 Å². The van der Waals surface area contributed by atoms with Crippen molar-refractivity contribution >= 4 is 5.69 Å². The van der Waals surface area contributed by atoms with Crippen LogP contribution in [0, 0.1) is 17.0 Å². The second-order valence-corrected chi connectivity index (χ2v) is 4.49. The summed E-state index contributed by atoms with van der Waals surface area (Å²) in [5.41, 5.74) is 0.687. The van der Waals surface area contributed by atoms with Crippen molar-refractivity contribution in [2.45, 2.75) is 6.92 Å². The van der Waals surface area contributed by atoms with Gasteiger partial charge in [-0.15, -0.1) is 0 Å². The van der Waals surface area contributed by atoms with Crippen molar-refractivity contribution in [2.24, 2.45) is 0 Å². The molecule has 1 aromatic heterocycles. The van der Waals surface area contributed by atoms with Crippen LogP contribution in [0.15, 0.2) is 53.1 Å². The first kappa shape index (κ1) is 13.7. The molecule has 0 atom stereocenters. The summed E-state index contributed by atoms with van der Waals surface area (Å²) in [5, 5.41) is 14.8. The summed E-state index contributed by atoms with van der Waals surface area (Å²) >= 11 is 0. The van der Waals surface area contributed by atoms with E-state index < -0.39 is 4.92 Å². The summed E-state index contributed by atoms with van der Waals surface area (Å²) in [7, 11) is 0. The Hall–Kier alpha value is -3.22. The molecule has 0 saturated heterocycles. The van der Waals surface area contributed by atoms with Crippen LogP contribution in [0.2, 0.25) is 0 Å². The molecule has 0 N–H and O–H groups in total. The van der Waals surface area contributed by atoms with Gasteiger partial charge in [0.1, 0.15) is 5.75 Å². The Labute approximate surface area is 125 Å². The third-order valence-electron chi connectivity index (χ3n) is 2.93. The Morgan fingerprint density at radius 1 is 1.14 bits per heavy atom. The molecule has 1 heterocycles. The summed E-state index contributed by atoms with van der Waals surface area (Å²) in [4.78, 5) is 14.6. The zero-order valence-electron chi connectivity index (χ0n) is 11.6.